The minimum atomic E-state index is -3.77. The molecule has 0 bridgehead atoms. The Labute approximate surface area is 251 Å². The zero-order valence-electron chi connectivity index (χ0n) is 24.0. The third-order valence-electron chi connectivity index (χ3n) is 7.38. The first-order chi connectivity index (χ1) is 21.0. The number of nitrogens with zero attached hydrogens (tertiary/aromatic N) is 2. The van der Waals surface area contributed by atoms with Gasteiger partial charge >= 0.3 is 0 Å². The summed E-state index contributed by atoms with van der Waals surface area (Å²) in [5.41, 5.74) is 3.82. The molecule has 3 aromatic carbocycles. The fourth-order valence-corrected chi connectivity index (χ4v) is 5.60. The molecule has 0 aliphatic heterocycles. The Morgan fingerprint density at radius 3 is 2.39 bits per heavy atom. The smallest absolute Gasteiger partial charge is 0.255 e. The van der Waals surface area contributed by atoms with Crippen LogP contribution >= 0.6 is 0 Å². The van der Waals surface area contributed by atoms with Crippen LogP contribution in [-0.2, 0) is 10.0 Å². The molecular weight excluding hydrogens is 590 g/mol. The first-order valence-electron chi connectivity index (χ1n) is 13.3. The normalized spacial score (nSPS) is 11.7. The lowest BCUT2D eigenvalue weighted by molar-refractivity contribution is 0.0964. The molecule has 0 unspecified atom stereocenters. The molecule has 224 valence electrons. The number of aromatic amines is 1. The molecule has 12 heteroatoms. The van der Waals surface area contributed by atoms with E-state index < -0.39 is 21.7 Å². The number of rotatable bonds is 7. The monoisotopic (exact) mass is 616 g/mol. The number of amides is 1. The molecule has 0 aliphatic rings. The summed E-state index contributed by atoms with van der Waals surface area (Å²) < 4.78 is 65.9. The number of anilines is 1. The number of halogens is 2. The van der Waals surface area contributed by atoms with Crippen molar-refractivity contribution >= 4 is 43.5 Å². The number of fused-ring (bicyclic) bond motifs is 2. The largest absolute Gasteiger partial charge is 0.481 e. The van der Waals surface area contributed by atoms with Crippen LogP contribution in [-0.4, -0.2) is 51.8 Å². The zero-order valence-corrected chi connectivity index (χ0v) is 24.8. The van der Waals surface area contributed by atoms with Crippen molar-refractivity contribution in [3.8, 4) is 39.7 Å². The van der Waals surface area contributed by atoms with Gasteiger partial charge in [0.2, 0.25) is 15.9 Å². The number of furan rings is 1. The van der Waals surface area contributed by atoms with E-state index in [2.05, 4.69) is 15.3 Å². The minimum absolute atomic E-state index is 0.185. The number of hydrogen-bond donors (Lipinski definition) is 2. The van der Waals surface area contributed by atoms with Crippen LogP contribution in [0.25, 0.3) is 55.7 Å². The van der Waals surface area contributed by atoms with Crippen LogP contribution in [0.4, 0.5) is 14.5 Å². The van der Waals surface area contributed by atoms with Gasteiger partial charge in [-0.25, -0.2) is 22.2 Å². The number of carbonyl (C=O) groups is 1. The van der Waals surface area contributed by atoms with Gasteiger partial charge in [-0.2, -0.15) is 0 Å². The summed E-state index contributed by atoms with van der Waals surface area (Å²) in [6.45, 7) is 0. The van der Waals surface area contributed by atoms with Crippen molar-refractivity contribution in [3.05, 3.63) is 90.0 Å². The Kier molecular flexibility index (Phi) is 7.08. The van der Waals surface area contributed by atoms with E-state index in [0.717, 1.165) is 16.1 Å². The molecule has 3 heterocycles. The lowest BCUT2D eigenvalue weighted by Crippen LogP contribution is -2.25. The molecule has 44 heavy (non-hydrogen) atoms. The quantitative estimate of drug-likeness (QED) is 0.216. The molecule has 0 atom stereocenters. The minimum Gasteiger partial charge on any atom is -0.481 e. The van der Waals surface area contributed by atoms with Crippen LogP contribution in [0.15, 0.2) is 77.2 Å². The summed E-state index contributed by atoms with van der Waals surface area (Å²) in [5, 5.41) is 3.67. The number of benzene rings is 3. The molecule has 1 amide bonds. The number of hydrogen-bond acceptors (Lipinski definition) is 6. The highest BCUT2D eigenvalue weighted by molar-refractivity contribution is 7.92. The summed E-state index contributed by atoms with van der Waals surface area (Å²) in [6, 6.07) is 18.3. The Morgan fingerprint density at radius 1 is 0.977 bits per heavy atom. The average Bonchev–Trinajstić information content (AvgIpc) is 3.60. The van der Waals surface area contributed by atoms with Crippen LogP contribution in [0.2, 0.25) is 0 Å². The van der Waals surface area contributed by atoms with E-state index in [1.54, 1.807) is 30.3 Å². The average molecular weight is 617 g/mol. The molecule has 3 aromatic heterocycles. The molecule has 0 fully saturated rings. The number of nitrogens with one attached hydrogen (secondary N) is 2. The summed E-state index contributed by atoms with van der Waals surface area (Å²) in [6.07, 6.45) is 1.07. The number of pyridine rings is 1. The van der Waals surface area contributed by atoms with Crippen molar-refractivity contribution in [3.63, 3.8) is 0 Å². The van der Waals surface area contributed by atoms with Gasteiger partial charge in [0.25, 0.3) is 5.91 Å². The number of aromatic nitrogens is 2. The first kappa shape index (κ1) is 28.9. The van der Waals surface area contributed by atoms with Gasteiger partial charge in [-0.3, -0.25) is 9.10 Å². The Balaban J connectivity index is 1.64. The van der Waals surface area contributed by atoms with Crippen LogP contribution < -0.4 is 14.4 Å². The van der Waals surface area contributed by atoms with E-state index in [9.17, 15) is 22.0 Å². The number of methoxy groups -OCH3 is 1. The van der Waals surface area contributed by atoms with Gasteiger partial charge in [0.1, 0.15) is 23.0 Å². The first-order valence-corrected chi connectivity index (χ1v) is 15.2. The van der Waals surface area contributed by atoms with Crippen LogP contribution in [0, 0.1) is 11.6 Å². The molecule has 0 radical (unpaired) electrons. The molecule has 2 N–H and O–H groups in total. The number of ether oxygens (including phenoxy) is 1. The maximum absolute atomic E-state index is 13.9. The topological polar surface area (TPSA) is 118 Å². The maximum atomic E-state index is 13.9. The van der Waals surface area contributed by atoms with Crippen molar-refractivity contribution in [2.75, 3.05) is 31.8 Å². The van der Waals surface area contributed by atoms with Crippen molar-refractivity contribution in [2.24, 2.45) is 0 Å². The predicted octanol–water partition coefficient (Wildman–Crippen LogP) is 6.35. The van der Waals surface area contributed by atoms with Crippen LogP contribution in [0.5, 0.6) is 5.88 Å². The maximum Gasteiger partial charge on any atom is 0.255 e. The van der Waals surface area contributed by atoms with E-state index in [1.807, 2.05) is 0 Å². The molecule has 6 aromatic rings. The highest BCUT2D eigenvalue weighted by Gasteiger charge is 2.27. The Bertz CT molecular complexity index is 2190. The second kappa shape index (κ2) is 10.8. The van der Waals surface area contributed by atoms with Crippen LogP contribution in [0.1, 0.15) is 10.4 Å². The number of sulfonamides is 1. The van der Waals surface area contributed by atoms with Gasteiger partial charge in [-0.05, 0) is 60.7 Å². The Morgan fingerprint density at radius 2 is 1.70 bits per heavy atom. The second-order valence-electron chi connectivity index (χ2n) is 10.2. The molecule has 6 rings (SSSR count). The van der Waals surface area contributed by atoms with Crippen molar-refractivity contribution in [1.29, 1.82) is 0 Å². The van der Waals surface area contributed by atoms with Crippen molar-refractivity contribution in [1.82, 2.24) is 15.3 Å². The SMILES string of the molecule is CNC(=O)c1c(-c2ccc(F)cc2)oc2cc(N(C)S(C)(=O)=O)c(-c3cc(-c4cc5cc(F)ccc5[nH]4)cc(OC)n3)cc12. The molecule has 0 spiro atoms. The van der Waals surface area contributed by atoms with E-state index in [-0.39, 0.29) is 34.3 Å². The molecule has 0 aliphatic carbocycles. The van der Waals surface area contributed by atoms with E-state index in [4.69, 9.17) is 9.15 Å². The summed E-state index contributed by atoms with van der Waals surface area (Å²) in [4.78, 5) is 21.1. The third-order valence-corrected chi connectivity index (χ3v) is 8.58. The third kappa shape index (κ3) is 5.13. The lowest BCUT2D eigenvalue weighted by atomic mass is 9.99. The van der Waals surface area contributed by atoms with Gasteiger partial charge in [0, 0.05) is 64.9 Å². The highest BCUT2D eigenvalue weighted by atomic mass is 32.2. The van der Waals surface area contributed by atoms with E-state index in [0.29, 0.717) is 38.9 Å². The molecule has 0 saturated heterocycles. The molecule has 9 nitrogen and oxygen atoms in total. The zero-order chi connectivity index (χ0) is 31.3. The highest BCUT2D eigenvalue weighted by Crippen LogP contribution is 2.42. The summed E-state index contributed by atoms with van der Waals surface area (Å²) in [5.74, 6) is -0.853. The van der Waals surface area contributed by atoms with E-state index >= 15 is 0 Å². The van der Waals surface area contributed by atoms with Gasteiger partial charge in [0.15, 0.2) is 0 Å². The molecular formula is C32H26F2N4O5S. The standard InChI is InChI=1S/C32H26F2N4O5S/c1-35-32(39)30-23-15-22(26-13-19(14-29(37-26)42-3)25-12-18-11-21(34)9-10-24(18)36-25)27(38(2)44(4,40)41)16-28(23)43-31(30)17-5-7-20(33)8-6-17/h5-16,36H,1-4H3,(H,35,39). The lowest BCUT2D eigenvalue weighted by Gasteiger charge is -2.21. The Hall–Kier alpha value is -5.23. The van der Waals surface area contributed by atoms with Gasteiger partial charge in [0.05, 0.1) is 30.3 Å². The van der Waals surface area contributed by atoms with Crippen LogP contribution in [0.3, 0.4) is 0 Å². The summed E-state index contributed by atoms with van der Waals surface area (Å²) in [7, 11) is 0.567. The fourth-order valence-electron chi connectivity index (χ4n) is 5.09. The second-order valence-corrected chi connectivity index (χ2v) is 12.2. The van der Waals surface area contributed by atoms with Gasteiger partial charge < -0.3 is 19.5 Å². The van der Waals surface area contributed by atoms with Crippen molar-refractivity contribution in [2.45, 2.75) is 0 Å². The van der Waals surface area contributed by atoms with E-state index in [1.165, 1.54) is 63.7 Å². The fraction of sp³-hybridized carbons (Fsp3) is 0.125. The molecule has 0 saturated carbocycles. The summed E-state index contributed by atoms with van der Waals surface area (Å²) >= 11 is 0. The number of carbonyl (C=O) groups excluding carboxylic acids is 1. The van der Waals surface area contributed by atoms with Crippen molar-refractivity contribution < 1.29 is 31.1 Å². The predicted molar refractivity (Wildman–Crippen MR) is 165 cm³/mol. The van der Waals surface area contributed by atoms with Gasteiger partial charge in [-0.1, -0.05) is 0 Å². The van der Waals surface area contributed by atoms with Gasteiger partial charge in [-0.15, -0.1) is 0 Å². The number of H-pyrrole nitrogens is 1.